The van der Waals surface area contributed by atoms with Crippen LogP contribution in [0.4, 0.5) is 18.9 Å². The predicted molar refractivity (Wildman–Crippen MR) is 65.7 cm³/mol. The summed E-state index contributed by atoms with van der Waals surface area (Å²) in [5, 5.41) is 9.16. The van der Waals surface area contributed by atoms with Crippen molar-refractivity contribution in [3.8, 4) is 0 Å². The van der Waals surface area contributed by atoms with Gasteiger partial charge >= 0.3 is 12.1 Å². The van der Waals surface area contributed by atoms with Gasteiger partial charge in [0, 0.05) is 5.69 Å². The molecule has 0 spiro atoms. The molecule has 106 valence electrons. The van der Waals surface area contributed by atoms with Gasteiger partial charge in [-0.1, -0.05) is 26.0 Å². The van der Waals surface area contributed by atoms with E-state index in [0.29, 0.717) is 0 Å². The Labute approximate surface area is 109 Å². The minimum atomic E-state index is -4.58. The smallest absolute Gasteiger partial charge is 0.418 e. The van der Waals surface area contributed by atoms with Gasteiger partial charge in [-0.3, -0.25) is 4.79 Å². The number of carboxylic acid groups (broad SMARTS) is 1. The summed E-state index contributed by atoms with van der Waals surface area (Å²) in [6, 6.07) is 3.38. The Kier molecular flexibility index (Phi) is 4.44. The molecule has 1 rings (SSSR count). The second-order valence-electron chi connectivity index (χ2n) is 4.83. The van der Waals surface area contributed by atoms with Crippen molar-refractivity contribution in [1.29, 1.82) is 0 Å². The molecule has 0 heterocycles. The van der Waals surface area contributed by atoms with Crippen molar-refractivity contribution >= 4 is 11.7 Å². The summed E-state index contributed by atoms with van der Waals surface area (Å²) in [4.78, 5) is 11.2. The molecule has 0 bridgehead atoms. The average Bonchev–Trinajstić information content (AvgIpc) is 2.24. The van der Waals surface area contributed by atoms with Gasteiger partial charge in [0.25, 0.3) is 0 Å². The summed E-state index contributed by atoms with van der Waals surface area (Å²) in [7, 11) is 0. The van der Waals surface area contributed by atoms with Crippen LogP contribution in [0.2, 0.25) is 0 Å². The van der Waals surface area contributed by atoms with E-state index in [4.69, 9.17) is 10.8 Å². The number of aliphatic carboxylic acids is 1. The lowest BCUT2D eigenvalue weighted by Gasteiger charge is -2.19. The summed E-state index contributed by atoms with van der Waals surface area (Å²) in [5.41, 5.74) is 4.04. The average molecular weight is 275 g/mol. The van der Waals surface area contributed by atoms with Crippen LogP contribution >= 0.6 is 0 Å². The van der Waals surface area contributed by atoms with Gasteiger partial charge in [0.15, 0.2) is 0 Å². The Hall–Kier alpha value is -1.72. The minimum Gasteiger partial charge on any atom is -0.481 e. The number of hydrogen-bond acceptors (Lipinski definition) is 2. The Balaban J connectivity index is 3.29. The molecule has 0 aliphatic carbocycles. The number of hydrogen-bond donors (Lipinski definition) is 2. The highest BCUT2D eigenvalue weighted by atomic mass is 19.4. The first-order valence-corrected chi connectivity index (χ1v) is 5.83. The molecule has 0 aromatic heterocycles. The molecule has 0 radical (unpaired) electrons. The second-order valence-corrected chi connectivity index (χ2v) is 4.83. The highest BCUT2D eigenvalue weighted by molar-refractivity contribution is 5.79. The van der Waals surface area contributed by atoms with Crippen LogP contribution in [0.15, 0.2) is 18.2 Å². The summed E-state index contributed by atoms with van der Waals surface area (Å²) in [5.74, 6) is -2.16. The topological polar surface area (TPSA) is 63.3 Å². The molecular weight excluding hydrogens is 259 g/mol. The van der Waals surface area contributed by atoms with Crippen LogP contribution < -0.4 is 5.73 Å². The molecule has 1 atom stereocenters. The third-order valence-electron chi connectivity index (χ3n) is 2.83. The standard InChI is InChI=1S/C13H16F3NO2/c1-7(2)6-9(12(18)19)8-4-3-5-10(11(8)17)13(14,15)16/h3-5,7,9H,6,17H2,1-2H3,(H,18,19). The van der Waals surface area contributed by atoms with E-state index in [0.717, 1.165) is 6.07 Å². The number of benzene rings is 1. The molecule has 3 N–H and O–H groups in total. The van der Waals surface area contributed by atoms with E-state index in [9.17, 15) is 18.0 Å². The molecule has 1 aromatic rings. The molecule has 0 saturated heterocycles. The Morgan fingerprint density at radius 2 is 1.95 bits per heavy atom. The molecule has 0 saturated carbocycles. The van der Waals surface area contributed by atoms with Gasteiger partial charge in [0.1, 0.15) is 0 Å². The van der Waals surface area contributed by atoms with Crippen LogP contribution in [0.5, 0.6) is 0 Å². The number of anilines is 1. The maximum Gasteiger partial charge on any atom is 0.418 e. The zero-order valence-corrected chi connectivity index (χ0v) is 10.7. The first-order valence-electron chi connectivity index (χ1n) is 5.83. The van der Waals surface area contributed by atoms with Gasteiger partial charge in [0.05, 0.1) is 11.5 Å². The zero-order chi connectivity index (χ0) is 14.8. The predicted octanol–water partition coefficient (Wildman–Crippen LogP) is 3.50. The van der Waals surface area contributed by atoms with Gasteiger partial charge in [-0.15, -0.1) is 0 Å². The Morgan fingerprint density at radius 3 is 2.37 bits per heavy atom. The number of nitrogens with two attached hydrogens (primary N) is 1. The maximum absolute atomic E-state index is 12.7. The van der Waals surface area contributed by atoms with E-state index < -0.39 is 29.3 Å². The molecule has 1 unspecified atom stereocenters. The quantitative estimate of drug-likeness (QED) is 0.826. The number of carboxylic acids is 1. The van der Waals surface area contributed by atoms with Gasteiger partial charge < -0.3 is 10.8 Å². The van der Waals surface area contributed by atoms with Crippen LogP contribution in [-0.4, -0.2) is 11.1 Å². The van der Waals surface area contributed by atoms with Gasteiger partial charge in [0.2, 0.25) is 0 Å². The summed E-state index contributed by atoms with van der Waals surface area (Å²) < 4.78 is 38.2. The highest BCUT2D eigenvalue weighted by Crippen LogP contribution is 2.38. The number of nitrogen functional groups attached to an aromatic ring is 1. The van der Waals surface area contributed by atoms with E-state index in [2.05, 4.69) is 0 Å². The van der Waals surface area contributed by atoms with E-state index in [1.165, 1.54) is 12.1 Å². The van der Waals surface area contributed by atoms with Crippen LogP contribution in [-0.2, 0) is 11.0 Å². The Morgan fingerprint density at radius 1 is 1.37 bits per heavy atom. The first-order chi connectivity index (χ1) is 8.64. The molecular formula is C13H16F3NO2. The lowest BCUT2D eigenvalue weighted by molar-refractivity contribution is -0.140. The lowest BCUT2D eigenvalue weighted by Crippen LogP contribution is -2.18. The maximum atomic E-state index is 12.7. The van der Waals surface area contributed by atoms with Crippen molar-refractivity contribution < 1.29 is 23.1 Å². The lowest BCUT2D eigenvalue weighted by atomic mass is 9.88. The van der Waals surface area contributed by atoms with Crippen molar-refractivity contribution in [2.24, 2.45) is 5.92 Å². The Bertz CT molecular complexity index is 469. The van der Waals surface area contributed by atoms with Gasteiger partial charge in [-0.05, 0) is 24.0 Å². The number of carbonyl (C=O) groups is 1. The SMILES string of the molecule is CC(C)CC(C(=O)O)c1cccc(C(F)(F)F)c1N. The number of rotatable bonds is 4. The molecule has 0 aliphatic heterocycles. The number of halogens is 3. The number of alkyl halides is 3. The first kappa shape index (κ1) is 15.3. The monoisotopic (exact) mass is 275 g/mol. The third-order valence-corrected chi connectivity index (χ3v) is 2.83. The molecule has 0 fully saturated rings. The fourth-order valence-corrected chi connectivity index (χ4v) is 1.97. The summed E-state index contributed by atoms with van der Waals surface area (Å²) in [6.07, 6.45) is -4.35. The van der Waals surface area contributed by atoms with Crippen molar-refractivity contribution in [3.05, 3.63) is 29.3 Å². The normalized spacial score (nSPS) is 13.6. The van der Waals surface area contributed by atoms with Crippen LogP contribution in [0, 0.1) is 5.92 Å². The summed E-state index contributed by atoms with van der Waals surface area (Å²) in [6.45, 7) is 3.61. The van der Waals surface area contributed by atoms with E-state index in [-0.39, 0.29) is 17.9 Å². The fourth-order valence-electron chi connectivity index (χ4n) is 1.97. The molecule has 6 heteroatoms. The third kappa shape index (κ3) is 3.62. The van der Waals surface area contributed by atoms with Crippen LogP contribution in [0.1, 0.15) is 37.3 Å². The molecule has 3 nitrogen and oxygen atoms in total. The molecule has 0 amide bonds. The zero-order valence-electron chi connectivity index (χ0n) is 10.7. The van der Waals surface area contributed by atoms with E-state index in [1.54, 1.807) is 13.8 Å². The van der Waals surface area contributed by atoms with Crippen molar-refractivity contribution in [2.75, 3.05) is 5.73 Å². The van der Waals surface area contributed by atoms with Crippen molar-refractivity contribution in [3.63, 3.8) is 0 Å². The molecule has 19 heavy (non-hydrogen) atoms. The minimum absolute atomic E-state index is 0.0241. The van der Waals surface area contributed by atoms with Gasteiger partial charge in [-0.25, -0.2) is 0 Å². The van der Waals surface area contributed by atoms with E-state index >= 15 is 0 Å². The van der Waals surface area contributed by atoms with Crippen LogP contribution in [0.25, 0.3) is 0 Å². The highest BCUT2D eigenvalue weighted by Gasteiger charge is 2.35. The van der Waals surface area contributed by atoms with Crippen molar-refractivity contribution in [1.82, 2.24) is 0 Å². The number of para-hydroxylation sites is 1. The van der Waals surface area contributed by atoms with Crippen LogP contribution in [0.3, 0.4) is 0 Å². The fraction of sp³-hybridized carbons (Fsp3) is 0.462. The second kappa shape index (κ2) is 5.50. The molecule has 0 aliphatic rings. The van der Waals surface area contributed by atoms with E-state index in [1.807, 2.05) is 0 Å². The molecule has 1 aromatic carbocycles. The summed E-state index contributed by atoms with van der Waals surface area (Å²) >= 11 is 0. The van der Waals surface area contributed by atoms with Crippen molar-refractivity contribution in [2.45, 2.75) is 32.4 Å². The largest absolute Gasteiger partial charge is 0.481 e. The van der Waals surface area contributed by atoms with Gasteiger partial charge in [-0.2, -0.15) is 13.2 Å².